The summed E-state index contributed by atoms with van der Waals surface area (Å²) < 4.78 is 0. The Kier molecular flexibility index (Phi) is 5.36. The molecule has 1 saturated heterocycles. The predicted molar refractivity (Wildman–Crippen MR) is 125 cm³/mol. The van der Waals surface area contributed by atoms with Crippen LogP contribution in [0.25, 0.3) is 0 Å². The summed E-state index contributed by atoms with van der Waals surface area (Å²) in [6.07, 6.45) is 2.89. The Bertz CT molecular complexity index is 1140. The van der Waals surface area contributed by atoms with Gasteiger partial charge in [-0.1, -0.05) is 0 Å². The van der Waals surface area contributed by atoms with Gasteiger partial charge in [0.1, 0.15) is 0 Å². The first-order chi connectivity index (χ1) is 15.9. The molecular weight excluding hydrogens is 420 g/mol. The van der Waals surface area contributed by atoms with E-state index in [9.17, 15) is 19.2 Å². The number of carbonyl (C=O) groups excluding carboxylic acids is 4. The Labute approximate surface area is 191 Å². The fourth-order valence-electron chi connectivity index (χ4n) is 4.55. The van der Waals surface area contributed by atoms with E-state index in [0.29, 0.717) is 24.5 Å². The van der Waals surface area contributed by atoms with Crippen LogP contribution in [0.1, 0.15) is 31.7 Å². The van der Waals surface area contributed by atoms with Gasteiger partial charge < -0.3 is 20.4 Å². The van der Waals surface area contributed by atoms with Gasteiger partial charge in [-0.25, -0.2) is 0 Å². The highest BCUT2D eigenvalue weighted by Crippen LogP contribution is 2.38. The summed E-state index contributed by atoms with van der Waals surface area (Å²) in [6.45, 7) is 2.44. The van der Waals surface area contributed by atoms with Crippen molar-refractivity contribution in [2.45, 2.75) is 32.6 Å². The third-order valence-electron chi connectivity index (χ3n) is 6.43. The van der Waals surface area contributed by atoms with Crippen LogP contribution in [0.2, 0.25) is 0 Å². The SMILES string of the molecule is CC(=O)Nc1ccc(NC(=O)[C@H]2CC(=O)N(c3ccc4c(c3)CCN4C(=O)C3CC3)C2)cc1. The molecule has 0 radical (unpaired) electrons. The maximum atomic E-state index is 12.8. The van der Waals surface area contributed by atoms with Crippen LogP contribution < -0.4 is 20.4 Å². The third kappa shape index (κ3) is 4.33. The second-order valence-electron chi connectivity index (χ2n) is 8.98. The van der Waals surface area contributed by atoms with Gasteiger partial charge >= 0.3 is 0 Å². The molecule has 0 spiro atoms. The first-order valence-corrected chi connectivity index (χ1v) is 11.3. The molecule has 2 heterocycles. The number of hydrogen-bond acceptors (Lipinski definition) is 4. The molecule has 1 aliphatic carbocycles. The van der Waals surface area contributed by atoms with Crippen LogP contribution in [0.4, 0.5) is 22.7 Å². The normalized spacial score (nSPS) is 19.4. The highest BCUT2D eigenvalue weighted by atomic mass is 16.2. The fourth-order valence-corrected chi connectivity index (χ4v) is 4.55. The van der Waals surface area contributed by atoms with Gasteiger partial charge in [-0.05, 0) is 67.3 Å². The number of benzene rings is 2. The molecule has 2 N–H and O–H groups in total. The van der Waals surface area contributed by atoms with Crippen LogP contribution in [0.15, 0.2) is 42.5 Å². The van der Waals surface area contributed by atoms with E-state index in [0.717, 1.165) is 36.2 Å². The summed E-state index contributed by atoms with van der Waals surface area (Å²) in [5.41, 5.74) is 4.05. The number of carbonyl (C=O) groups is 4. The van der Waals surface area contributed by atoms with E-state index in [-0.39, 0.29) is 36.0 Å². The Morgan fingerprint density at radius 1 is 0.939 bits per heavy atom. The van der Waals surface area contributed by atoms with Gasteiger partial charge in [0.25, 0.3) is 0 Å². The van der Waals surface area contributed by atoms with Crippen molar-refractivity contribution in [2.24, 2.45) is 11.8 Å². The molecule has 2 aliphatic heterocycles. The Morgan fingerprint density at radius 2 is 1.64 bits per heavy atom. The summed E-state index contributed by atoms with van der Waals surface area (Å²) in [7, 11) is 0. The van der Waals surface area contributed by atoms with E-state index in [2.05, 4.69) is 10.6 Å². The molecule has 1 saturated carbocycles. The fraction of sp³-hybridized carbons (Fsp3) is 0.360. The molecular formula is C25H26N4O4. The van der Waals surface area contributed by atoms with Crippen molar-refractivity contribution in [3.05, 3.63) is 48.0 Å². The maximum Gasteiger partial charge on any atom is 0.230 e. The Hall–Kier alpha value is -3.68. The summed E-state index contributed by atoms with van der Waals surface area (Å²) >= 11 is 0. The van der Waals surface area contributed by atoms with E-state index in [4.69, 9.17) is 0 Å². The lowest BCUT2D eigenvalue weighted by Gasteiger charge is -2.20. The van der Waals surface area contributed by atoms with Gasteiger partial charge in [-0.3, -0.25) is 19.2 Å². The summed E-state index contributed by atoms with van der Waals surface area (Å²) in [5.74, 6) is -0.517. The number of anilines is 4. The topological polar surface area (TPSA) is 98.8 Å². The summed E-state index contributed by atoms with van der Waals surface area (Å²) in [4.78, 5) is 52.6. The lowest BCUT2D eigenvalue weighted by atomic mass is 10.1. The zero-order chi connectivity index (χ0) is 23.1. The molecule has 3 aliphatic rings. The molecule has 8 nitrogen and oxygen atoms in total. The minimum atomic E-state index is -0.450. The van der Waals surface area contributed by atoms with Crippen LogP contribution >= 0.6 is 0 Å². The van der Waals surface area contributed by atoms with Crippen molar-refractivity contribution >= 4 is 46.4 Å². The Balaban J connectivity index is 1.24. The van der Waals surface area contributed by atoms with Crippen LogP contribution in [0, 0.1) is 11.8 Å². The highest BCUT2D eigenvalue weighted by Gasteiger charge is 2.38. The van der Waals surface area contributed by atoms with Crippen LogP contribution in [-0.2, 0) is 25.6 Å². The lowest BCUT2D eigenvalue weighted by molar-refractivity contribution is -0.122. The molecule has 5 rings (SSSR count). The van der Waals surface area contributed by atoms with E-state index in [1.165, 1.54) is 6.92 Å². The summed E-state index contributed by atoms with van der Waals surface area (Å²) in [5, 5.41) is 5.54. The van der Waals surface area contributed by atoms with Gasteiger partial charge in [0.2, 0.25) is 23.6 Å². The number of nitrogens with zero attached hydrogens (tertiary/aromatic N) is 2. The van der Waals surface area contributed by atoms with E-state index < -0.39 is 5.92 Å². The largest absolute Gasteiger partial charge is 0.326 e. The van der Waals surface area contributed by atoms with Crippen molar-refractivity contribution in [2.75, 3.05) is 33.5 Å². The number of amides is 4. The minimum Gasteiger partial charge on any atom is -0.326 e. The van der Waals surface area contributed by atoms with E-state index >= 15 is 0 Å². The number of hydrogen-bond donors (Lipinski definition) is 2. The van der Waals surface area contributed by atoms with Crippen molar-refractivity contribution in [3.8, 4) is 0 Å². The number of fused-ring (bicyclic) bond motifs is 1. The average molecular weight is 447 g/mol. The second-order valence-corrected chi connectivity index (χ2v) is 8.98. The van der Waals surface area contributed by atoms with Crippen molar-refractivity contribution in [1.82, 2.24) is 0 Å². The molecule has 1 atom stereocenters. The molecule has 4 amide bonds. The van der Waals surface area contributed by atoms with Crippen molar-refractivity contribution < 1.29 is 19.2 Å². The first kappa shape index (κ1) is 21.2. The Morgan fingerprint density at radius 3 is 2.30 bits per heavy atom. The zero-order valence-corrected chi connectivity index (χ0v) is 18.5. The minimum absolute atomic E-state index is 0.0833. The second kappa shape index (κ2) is 8.35. The van der Waals surface area contributed by atoms with Gasteiger partial charge in [0, 0.05) is 55.1 Å². The number of nitrogens with one attached hydrogen (secondary N) is 2. The van der Waals surface area contributed by atoms with Gasteiger partial charge in [0.15, 0.2) is 0 Å². The average Bonchev–Trinajstić information content (AvgIpc) is 3.44. The highest BCUT2D eigenvalue weighted by molar-refractivity contribution is 6.04. The zero-order valence-electron chi connectivity index (χ0n) is 18.5. The monoisotopic (exact) mass is 446 g/mol. The van der Waals surface area contributed by atoms with E-state index in [1.807, 2.05) is 23.1 Å². The molecule has 2 aromatic carbocycles. The first-order valence-electron chi connectivity index (χ1n) is 11.3. The molecule has 2 aromatic rings. The molecule has 8 heteroatoms. The third-order valence-corrected chi connectivity index (χ3v) is 6.43. The van der Waals surface area contributed by atoms with Crippen LogP contribution in [-0.4, -0.2) is 36.7 Å². The van der Waals surface area contributed by atoms with Crippen molar-refractivity contribution in [3.63, 3.8) is 0 Å². The van der Waals surface area contributed by atoms with Gasteiger partial charge in [0.05, 0.1) is 5.92 Å². The number of rotatable bonds is 5. The van der Waals surface area contributed by atoms with Crippen LogP contribution in [0.5, 0.6) is 0 Å². The standard InChI is InChI=1S/C25H26N4O4/c1-15(30)26-19-4-6-20(7-5-19)27-24(32)18-13-23(31)29(14-18)21-8-9-22-17(12-21)10-11-28(22)25(33)16-2-3-16/h4-9,12,16,18H,2-3,10-11,13-14H2,1H3,(H,26,30)(H,27,32)/t18-/m0/s1. The van der Waals surface area contributed by atoms with Gasteiger partial charge in [-0.2, -0.15) is 0 Å². The predicted octanol–water partition coefficient (Wildman–Crippen LogP) is 2.94. The molecule has 0 bridgehead atoms. The molecule has 33 heavy (non-hydrogen) atoms. The molecule has 170 valence electrons. The van der Waals surface area contributed by atoms with E-state index in [1.54, 1.807) is 29.2 Å². The quantitative estimate of drug-likeness (QED) is 0.738. The van der Waals surface area contributed by atoms with Gasteiger partial charge in [-0.15, -0.1) is 0 Å². The van der Waals surface area contributed by atoms with Crippen molar-refractivity contribution in [1.29, 1.82) is 0 Å². The summed E-state index contributed by atoms with van der Waals surface area (Å²) in [6, 6.07) is 12.6. The van der Waals surface area contributed by atoms with Crippen LogP contribution in [0.3, 0.4) is 0 Å². The maximum absolute atomic E-state index is 12.8. The molecule has 0 unspecified atom stereocenters. The smallest absolute Gasteiger partial charge is 0.230 e. The lowest BCUT2D eigenvalue weighted by Crippen LogP contribution is -2.30. The molecule has 0 aromatic heterocycles. The molecule has 2 fully saturated rings.